The first-order chi connectivity index (χ1) is 12.3. The first-order valence-corrected chi connectivity index (χ1v) is 10.3. The molecule has 0 unspecified atom stereocenters. The van der Waals surface area contributed by atoms with Gasteiger partial charge in [-0.2, -0.15) is 0 Å². The van der Waals surface area contributed by atoms with E-state index in [1.807, 2.05) is 25.1 Å². The second-order valence-corrected chi connectivity index (χ2v) is 9.13. The van der Waals surface area contributed by atoms with Crippen LogP contribution in [0.3, 0.4) is 0 Å². The lowest BCUT2D eigenvalue weighted by Crippen LogP contribution is -2.57. The maximum Gasteiger partial charge on any atom is 0.254 e. The molecule has 0 N–H and O–H groups in total. The van der Waals surface area contributed by atoms with Gasteiger partial charge >= 0.3 is 0 Å². The molecular formula is C18H24N2O5S. The predicted molar refractivity (Wildman–Crippen MR) is 96.4 cm³/mol. The van der Waals surface area contributed by atoms with E-state index in [0.717, 1.165) is 5.56 Å². The highest BCUT2D eigenvalue weighted by Crippen LogP contribution is 2.40. The van der Waals surface area contributed by atoms with Gasteiger partial charge in [0.25, 0.3) is 5.91 Å². The van der Waals surface area contributed by atoms with Crippen LogP contribution in [0.1, 0.15) is 28.8 Å². The van der Waals surface area contributed by atoms with Gasteiger partial charge in [0.15, 0.2) is 9.84 Å². The van der Waals surface area contributed by atoms with Crippen LogP contribution in [-0.4, -0.2) is 74.0 Å². The second kappa shape index (κ2) is 7.00. The Kier molecular flexibility index (Phi) is 5.07. The Morgan fingerprint density at radius 2 is 1.88 bits per heavy atom. The summed E-state index contributed by atoms with van der Waals surface area (Å²) in [6.45, 7) is 3.03. The van der Waals surface area contributed by atoms with Crippen molar-refractivity contribution in [1.29, 1.82) is 0 Å². The third kappa shape index (κ3) is 3.01. The molecule has 2 saturated heterocycles. The van der Waals surface area contributed by atoms with Crippen LogP contribution in [0.5, 0.6) is 0 Å². The summed E-state index contributed by atoms with van der Waals surface area (Å²) >= 11 is 0. The van der Waals surface area contributed by atoms with Gasteiger partial charge in [-0.3, -0.25) is 9.59 Å². The molecule has 2 aliphatic rings. The Bertz CT molecular complexity index is 813. The number of methoxy groups -OCH3 is 1. The van der Waals surface area contributed by atoms with Crippen LogP contribution in [0, 0.1) is 6.92 Å². The highest BCUT2D eigenvalue weighted by molar-refractivity contribution is 7.93. The summed E-state index contributed by atoms with van der Waals surface area (Å²) in [6.07, 6.45) is 0.477. The van der Waals surface area contributed by atoms with Gasteiger partial charge in [0.05, 0.1) is 6.61 Å². The lowest BCUT2D eigenvalue weighted by Gasteiger charge is -2.43. The minimum atomic E-state index is -3.58. The number of hydrogen-bond acceptors (Lipinski definition) is 5. The number of carbonyl (C=O) groups excluding carboxylic acids is 2. The van der Waals surface area contributed by atoms with Crippen molar-refractivity contribution in [3.05, 3.63) is 35.4 Å². The average Bonchev–Trinajstić information content (AvgIpc) is 2.79. The second-order valence-electron chi connectivity index (χ2n) is 6.85. The molecule has 0 atom stereocenters. The van der Waals surface area contributed by atoms with Gasteiger partial charge in [-0.05, 0) is 18.6 Å². The van der Waals surface area contributed by atoms with Crippen LogP contribution < -0.4 is 0 Å². The predicted octanol–water partition coefficient (Wildman–Crippen LogP) is 0.831. The fourth-order valence-electron chi connectivity index (χ4n) is 3.90. The molecule has 0 aliphatic carbocycles. The lowest BCUT2D eigenvalue weighted by molar-refractivity contribution is -0.131. The number of benzene rings is 1. The molecule has 26 heavy (non-hydrogen) atoms. The van der Waals surface area contributed by atoms with Crippen LogP contribution in [0.25, 0.3) is 0 Å². The molecule has 2 fully saturated rings. The van der Waals surface area contributed by atoms with Crippen molar-refractivity contribution in [3.63, 3.8) is 0 Å². The number of nitrogens with zero attached hydrogens (tertiary/aromatic N) is 2. The van der Waals surface area contributed by atoms with Crippen LogP contribution >= 0.6 is 0 Å². The van der Waals surface area contributed by atoms with E-state index in [-0.39, 0.29) is 37.8 Å². The Morgan fingerprint density at radius 3 is 2.50 bits per heavy atom. The van der Waals surface area contributed by atoms with E-state index in [0.29, 0.717) is 18.7 Å². The smallest absolute Gasteiger partial charge is 0.254 e. The van der Waals surface area contributed by atoms with Gasteiger partial charge in [0.2, 0.25) is 5.91 Å². The number of sulfone groups is 1. The molecule has 142 valence electrons. The summed E-state index contributed by atoms with van der Waals surface area (Å²) in [5.74, 6) is -0.925. The molecular weight excluding hydrogens is 356 g/mol. The molecule has 7 nitrogen and oxygen atoms in total. The van der Waals surface area contributed by atoms with Crippen molar-refractivity contribution < 1.29 is 22.7 Å². The summed E-state index contributed by atoms with van der Waals surface area (Å²) in [5, 5.41) is 0. The van der Waals surface area contributed by atoms with Crippen LogP contribution in [0.15, 0.2) is 24.3 Å². The third-order valence-electron chi connectivity index (χ3n) is 5.41. The minimum absolute atomic E-state index is 0.0943. The Morgan fingerprint density at radius 1 is 1.23 bits per heavy atom. The zero-order chi connectivity index (χ0) is 18.9. The number of piperidine rings is 1. The zero-order valence-electron chi connectivity index (χ0n) is 15.1. The van der Waals surface area contributed by atoms with E-state index >= 15 is 0 Å². The summed E-state index contributed by atoms with van der Waals surface area (Å²) in [7, 11) is -2.06. The normalized spacial score (nSPS) is 21.4. The standard InChI is InChI=1S/C18H24N2O5S/c1-14-5-3-4-6-15(14)17(22)19-9-7-18(8-10-19)20(11-12-25-2)16(21)13-26(18,23)24/h3-6H,7-13H2,1-2H3. The maximum absolute atomic E-state index is 12.8. The molecule has 0 radical (unpaired) electrons. The van der Waals surface area contributed by atoms with Gasteiger partial charge in [-0.1, -0.05) is 18.2 Å². The molecule has 2 amide bonds. The van der Waals surface area contributed by atoms with Crippen molar-refractivity contribution in [2.75, 3.05) is 39.1 Å². The Hall–Kier alpha value is -1.93. The number of rotatable bonds is 4. The van der Waals surface area contributed by atoms with Crippen molar-refractivity contribution in [1.82, 2.24) is 9.80 Å². The minimum Gasteiger partial charge on any atom is -0.383 e. The highest BCUT2D eigenvalue weighted by Gasteiger charge is 2.58. The van der Waals surface area contributed by atoms with Crippen molar-refractivity contribution in [2.24, 2.45) is 0 Å². The van der Waals surface area contributed by atoms with E-state index in [1.54, 1.807) is 11.0 Å². The maximum atomic E-state index is 12.8. The van der Waals surface area contributed by atoms with E-state index in [9.17, 15) is 18.0 Å². The molecule has 1 aromatic carbocycles. The van der Waals surface area contributed by atoms with Crippen LogP contribution in [0.4, 0.5) is 0 Å². The molecule has 0 saturated carbocycles. The molecule has 2 aliphatic heterocycles. The van der Waals surface area contributed by atoms with Crippen molar-refractivity contribution in [3.8, 4) is 0 Å². The fraction of sp³-hybridized carbons (Fsp3) is 0.556. The summed E-state index contributed by atoms with van der Waals surface area (Å²) in [4.78, 5) is 27.0. The van der Waals surface area contributed by atoms with Gasteiger partial charge in [-0.25, -0.2) is 8.42 Å². The summed E-state index contributed by atoms with van der Waals surface area (Å²) in [6, 6.07) is 7.36. The van der Waals surface area contributed by atoms with E-state index < -0.39 is 20.5 Å². The molecule has 2 heterocycles. The fourth-order valence-corrected chi connectivity index (χ4v) is 5.99. The average molecular weight is 380 g/mol. The SMILES string of the molecule is COCCN1C(=O)CS(=O)(=O)C12CCN(C(=O)c1ccccc1C)CC2. The molecule has 8 heteroatoms. The molecule has 1 spiro atoms. The number of carbonyl (C=O) groups is 2. The number of likely N-dealkylation sites (tertiary alicyclic amines) is 1. The van der Waals surface area contributed by atoms with E-state index in [4.69, 9.17) is 4.74 Å². The monoisotopic (exact) mass is 380 g/mol. The zero-order valence-corrected chi connectivity index (χ0v) is 15.9. The Labute approximate surface area is 153 Å². The number of amides is 2. The van der Waals surface area contributed by atoms with Crippen LogP contribution in [-0.2, 0) is 19.4 Å². The third-order valence-corrected chi connectivity index (χ3v) is 7.83. The largest absolute Gasteiger partial charge is 0.383 e. The molecule has 3 rings (SSSR count). The number of aryl methyl sites for hydroxylation is 1. The van der Waals surface area contributed by atoms with Crippen molar-refractivity contribution >= 4 is 21.7 Å². The molecule has 1 aromatic rings. The number of ether oxygens (including phenoxy) is 1. The highest BCUT2D eigenvalue weighted by atomic mass is 32.2. The number of hydrogen-bond donors (Lipinski definition) is 0. The van der Waals surface area contributed by atoms with Crippen LogP contribution in [0.2, 0.25) is 0 Å². The van der Waals surface area contributed by atoms with Crippen molar-refractivity contribution in [2.45, 2.75) is 24.6 Å². The van der Waals surface area contributed by atoms with Gasteiger partial charge in [-0.15, -0.1) is 0 Å². The topological polar surface area (TPSA) is 84.0 Å². The van der Waals surface area contributed by atoms with Gasteiger partial charge in [0, 0.05) is 45.1 Å². The quantitative estimate of drug-likeness (QED) is 0.773. The first-order valence-electron chi connectivity index (χ1n) is 8.69. The first kappa shape index (κ1) is 18.8. The van der Waals surface area contributed by atoms with E-state index in [2.05, 4.69) is 0 Å². The Balaban J connectivity index is 1.80. The molecule has 0 bridgehead atoms. The van der Waals surface area contributed by atoms with Gasteiger partial charge in [0.1, 0.15) is 10.6 Å². The molecule has 0 aromatic heterocycles. The summed E-state index contributed by atoms with van der Waals surface area (Å²) in [5.41, 5.74) is 1.52. The summed E-state index contributed by atoms with van der Waals surface area (Å²) < 4.78 is 30.5. The lowest BCUT2D eigenvalue weighted by atomic mass is 10.00. The van der Waals surface area contributed by atoms with Gasteiger partial charge < -0.3 is 14.5 Å². The van der Waals surface area contributed by atoms with E-state index in [1.165, 1.54) is 12.0 Å².